The predicted octanol–water partition coefficient (Wildman–Crippen LogP) is -0.0190. The lowest BCUT2D eigenvalue weighted by Crippen LogP contribution is -2.16. The molecule has 2 aromatic heterocycles. The number of nitrogens with zero attached hydrogens (tertiary/aromatic N) is 4. The summed E-state index contributed by atoms with van der Waals surface area (Å²) in [6.07, 6.45) is 3.58. The van der Waals surface area contributed by atoms with E-state index in [0.29, 0.717) is 10.4 Å². The molecule has 2 heterocycles. The zero-order valence-electron chi connectivity index (χ0n) is 9.44. The van der Waals surface area contributed by atoms with Crippen LogP contribution in [0, 0.1) is 0 Å². The monoisotopic (exact) mass is 252 g/mol. The normalized spacial score (nSPS) is 13.9. The molecule has 0 aliphatic heterocycles. The number of aliphatic hydroxyl groups is 1. The molecule has 7 heteroatoms. The van der Waals surface area contributed by atoms with Gasteiger partial charge in [-0.05, 0) is 0 Å². The topological polar surface area (TPSA) is 72.4 Å². The molecule has 2 rings (SSSR count). The van der Waals surface area contributed by atoms with E-state index in [1.54, 1.807) is 31.1 Å². The van der Waals surface area contributed by atoms with E-state index >= 15 is 0 Å². The lowest BCUT2D eigenvalue weighted by molar-refractivity contribution is -0.126. The largest absolute Gasteiger partial charge is 0.378 e. The molecule has 0 bridgehead atoms. The smallest absolute Gasteiger partial charge is 0.281 e. The summed E-state index contributed by atoms with van der Waals surface area (Å²) in [5.41, 5.74) is 0.445. The van der Waals surface area contributed by atoms with E-state index in [1.807, 2.05) is 5.38 Å². The average Bonchev–Trinajstić information content (AvgIpc) is 2.88. The first kappa shape index (κ1) is 11.7. The number of rotatable bonds is 2. The van der Waals surface area contributed by atoms with E-state index in [1.165, 1.54) is 22.2 Å². The van der Waals surface area contributed by atoms with Gasteiger partial charge in [0.15, 0.2) is 10.9 Å². The van der Waals surface area contributed by atoms with Gasteiger partial charge in [-0.3, -0.25) is 9.48 Å². The summed E-state index contributed by atoms with van der Waals surface area (Å²) in [6, 6.07) is 0. The summed E-state index contributed by atoms with van der Waals surface area (Å²) in [5, 5.41) is 15.5. The molecular weight excluding hydrogens is 240 g/mol. The zero-order valence-corrected chi connectivity index (χ0v) is 10.3. The maximum Gasteiger partial charge on any atom is 0.281 e. The van der Waals surface area contributed by atoms with Crippen molar-refractivity contribution in [2.75, 3.05) is 0 Å². The Balaban J connectivity index is 2.25. The zero-order chi connectivity index (χ0) is 12.4. The Morgan fingerprint density at radius 2 is 2.35 bits per heavy atom. The van der Waals surface area contributed by atoms with Crippen LogP contribution in [0.15, 0.2) is 29.0 Å². The van der Waals surface area contributed by atoms with Crippen molar-refractivity contribution in [3.63, 3.8) is 0 Å². The molecular formula is C10H12N4O2S. The Morgan fingerprint density at radius 3 is 2.88 bits per heavy atom. The molecule has 0 aromatic carbocycles. The number of hydrogen-bond donors (Lipinski definition) is 1. The summed E-state index contributed by atoms with van der Waals surface area (Å²) in [5.74, 6) is -0.587. The van der Waals surface area contributed by atoms with Crippen LogP contribution >= 0.6 is 11.3 Å². The van der Waals surface area contributed by atoms with Gasteiger partial charge < -0.3 is 9.67 Å². The van der Waals surface area contributed by atoms with Crippen molar-refractivity contribution in [1.29, 1.82) is 0 Å². The Hall–Kier alpha value is -1.73. The van der Waals surface area contributed by atoms with Gasteiger partial charge in [-0.2, -0.15) is 10.1 Å². The van der Waals surface area contributed by atoms with Crippen LogP contribution in [0.1, 0.15) is 11.7 Å². The number of carbonyl (C=O) groups is 1. The standard InChI is InChI=1S/C10H12N4O2S/c1-13-3-4-17-10(13)12-9(16)8(15)7-5-11-14(2)6-7/h3-6,8,15H,1-2H3. The third kappa shape index (κ3) is 2.51. The highest BCUT2D eigenvalue weighted by molar-refractivity contribution is 7.07. The van der Waals surface area contributed by atoms with Crippen LogP contribution in [0.25, 0.3) is 0 Å². The summed E-state index contributed by atoms with van der Waals surface area (Å²) < 4.78 is 3.25. The van der Waals surface area contributed by atoms with Crippen LogP contribution in [0.5, 0.6) is 0 Å². The minimum Gasteiger partial charge on any atom is -0.378 e. The molecule has 0 fully saturated rings. The lowest BCUT2D eigenvalue weighted by atomic mass is 10.2. The summed E-state index contributed by atoms with van der Waals surface area (Å²) in [4.78, 5) is 16.1. The second-order valence-electron chi connectivity index (χ2n) is 3.60. The van der Waals surface area contributed by atoms with Gasteiger partial charge in [-0.25, -0.2) is 0 Å². The van der Waals surface area contributed by atoms with E-state index in [9.17, 15) is 9.90 Å². The van der Waals surface area contributed by atoms with Crippen molar-refractivity contribution in [3.05, 3.63) is 34.3 Å². The molecule has 0 aliphatic rings. The third-order valence-corrected chi connectivity index (χ3v) is 3.09. The van der Waals surface area contributed by atoms with Crippen LogP contribution < -0.4 is 4.80 Å². The minimum atomic E-state index is -1.26. The fraction of sp³-hybridized carbons (Fsp3) is 0.300. The van der Waals surface area contributed by atoms with Gasteiger partial charge >= 0.3 is 0 Å². The van der Waals surface area contributed by atoms with Gasteiger partial charge in [0.1, 0.15) is 0 Å². The minimum absolute atomic E-state index is 0.445. The number of thiazole rings is 1. The molecule has 2 aromatic rings. The maximum atomic E-state index is 11.7. The van der Waals surface area contributed by atoms with E-state index < -0.39 is 12.0 Å². The first-order valence-corrected chi connectivity index (χ1v) is 5.81. The highest BCUT2D eigenvalue weighted by atomic mass is 32.1. The first-order valence-electron chi connectivity index (χ1n) is 4.93. The predicted molar refractivity (Wildman–Crippen MR) is 62.0 cm³/mol. The lowest BCUT2D eigenvalue weighted by Gasteiger charge is -2.01. The Labute approximate surface area is 101 Å². The van der Waals surface area contributed by atoms with Crippen LogP contribution in [0.3, 0.4) is 0 Å². The second kappa shape index (κ2) is 4.64. The molecule has 1 unspecified atom stereocenters. The fourth-order valence-electron chi connectivity index (χ4n) is 1.31. The van der Waals surface area contributed by atoms with E-state index in [-0.39, 0.29) is 0 Å². The summed E-state index contributed by atoms with van der Waals surface area (Å²) in [7, 11) is 3.51. The molecule has 0 saturated heterocycles. The molecule has 0 saturated carbocycles. The molecule has 17 heavy (non-hydrogen) atoms. The second-order valence-corrected chi connectivity index (χ2v) is 4.47. The Kier molecular flexibility index (Phi) is 3.21. The Morgan fingerprint density at radius 1 is 1.59 bits per heavy atom. The van der Waals surface area contributed by atoms with Crippen molar-refractivity contribution in [2.45, 2.75) is 6.10 Å². The molecule has 1 atom stereocenters. The van der Waals surface area contributed by atoms with Gasteiger partial charge in [0, 0.05) is 37.4 Å². The van der Waals surface area contributed by atoms with Crippen molar-refractivity contribution in [3.8, 4) is 0 Å². The van der Waals surface area contributed by atoms with Gasteiger partial charge in [-0.1, -0.05) is 0 Å². The first-order chi connectivity index (χ1) is 8.08. The van der Waals surface area contributed by atoms with Gasteiger partial charge in [0.2, 0.25) is 0 Å². The molecule has 6 nitrogen and oxygen atoms in total. The van der Waals surface area contributed by atoms with Crippen molar-refractivity contribution >= 4 is 17.2 Å². The molecule has 0 radical (unpaired) electrons. The molecule has 1 N–H and O–H groups in total. The van der Waals surface area contributed by atoms with Crippen LogP contribution in [0.2, 0.25) is 0 Å². The van der Waals surface area contributed by atoms with Crippen molar-refractivity contribution in [1.82, 2.24) is 14.3 Å². The van der Waals surface area contributed by atoms with E-state index in [4.69, 9.17) is 0 Å². The van der Waals surface area contributed by atoms with Crippen LogP contribution in [-0.4, -0.2) is 25.4 Å². The third-order valence-electron chi connectivity index (χ3n) is 2.24. The average molecular weight is 252 g/mol. The van der Waals surface area contributed by atoms with Crippen molar-refractivity contribution < 1.29 is 9.90 Å². The summed E-state index contributed by atoms with van der Waals surface area (Å²) in [6.45, 7) is 0. The number of amides is 1. The number of aryl methyl sites for hydroxylation is 2. The van der Waals surface area contributed by atoms with E-state index in [2.05, 4.69) is 10.1 Å². The number of hydrogen-bond acceptors (Lipinski definition) is 4. The molecule has 0 spiro atoms. The Bertz CT molecular complexity index is 595. The highest BCUT2D eigenvalue weighted by Gasteiger charge is 2.18. The van der Waals surface area contributed by atoms with Crippen LogP contribution in [-0.2, 0) is 18.9 Å². The fourth-order valence-corrected chi connectivity index (χ4v) is 2.05. The molecule has 0 aliphatic carbocycles. The number of aliphatic hydroxyl groups excluding tert-OH is 1. The molecule has 1 amide bonds. The van der Waals surface area contributed by atoms with Gasteiger partial charge in [0.25, 0.3) is 5.91 Å². The SMILES string of the molecule is Cn1cc(C(O)C(=O)N=c2sccn2C)cn1. The molecule has 90 valence electrons. The van der Waals surface area contributed by atoms with Crippen LogP contribution in [0.4, 0.5) is 0 Å². The highest BCUT2D eigenvalue weighted by Crippen LogP contribution is 2.12. The van der Waals surface area contributed by atoms with Crippen molar-refractivity contribution in [2.24, 2.45) is 19.1 Å². The number of carbonyl (C=O) groups excluding carboxylic acids is 1. The van der Waals surface area contributed by atoms with E-state index in [0.717, 1.165) is 0 Å². The number of aromatic nitrogens is 3. The van der Waals surface area contributed by atoms with Gasteiger partial charge in [-0.15, -0.1) is 11.3 Å². The maximum absolute atomic E-state index is 11.7. The quantitative estimate of drug-likeness (QED) is 0.816. The summed E-state index contributed by atoms with van der Waals surface area (Å²) >= 11 is 1.34. The van der Waals surface area contributed by atoms with Gasteiger partial charge in [0.05, 0.1) is 6.20 Å².